The average Bonchev–Trinajstić information content (AvgIpc) is 2.28. The fraction of sp³-hybridized carbons (Fsp3) is 0.545. The van der Waals surface area contributed by atoms with Crippen LogP contribution in [0.25, 0.3) is 0 Å². The molecule has 2 nitrogen and oxygen atoms in total. The van der Waals surface area contributed by atoms with Gasteiger partial charge in [-0.15, -0.1) is 0 Å². The molecule has 0 saturated carbocycles. The second kappa shape index (κ2) is 4.37. The predicted octanol–water partition coefficient (Wildman–Crippen LogP) is 3.34. The molecule has 0 unspecified atom stereocenters. The van der Waals surface area contributed by atoms with Crippen LogP contribution in [0.15, 0.2) is 18.3 Å². The maximum absolute atomic E-state index is 12.9. The fourth-order valence-electron chi connectivity index (χ4n) is 1.83. The van der Waals surface area contributed by atoms with Crippen LogP contribution in [0.1, 0.15) is 18.4 Å². The zero-order valence-corrected chi connectivity index (χ0v) is 9.34. The summed E-state index contributed by atoms with van der Waals surface area (Å²) in [4.78, 5) is 5.26. The van der Waals surface area contributed by atoms with Gasteiger partial charge in [-0.05, 0) is 12.1 Å². The summed E-state index contributed by atoms with van der Waals surface area (Å²) in [6, 6.07) is 1.76. The number of rotatable bonds is 1. The minimum absolute atomic E-state index is 0.0152. The van der Waals surface area contributed by atoms with E-state index in [9.17, 15) is 22.0 Å². The Bertz CT molecular complexity index is 420. The van der Waals surface area contributed by atoms with E-state index in [1.165, 1.54) is 4.90 Å². The molecule has 0 radical (unpaired) electrons. The third kappa shape index (κ3) is 2.88. The maximum Gasteiger partial charge on any atom is 0.416 e. The molecular weight excluding hydrogens is 255 g/mol. The molecule has 1 fully saturated rings. The summed E-state index contributed by atoms with van der Waals surface area (Å²) in [5.74, 6) is -2.63. The first-order chi connectivity index (χ1) is 8.28. The van der Waals surface area contributed by atoms with Crippen LogP contribution in [0, 0.1) is 0 Å². The van der Waals surface area contributed by atoms with E-state index in [-0.39, 0.29) is 31.7 Å². The van der Waals surface area contributed by atoms with Gasteiger partial charge in [0.15, 0.2) is 0 Å². The van der Waals surface area contributed by atoms with Gasteiger partial charge < -0.3 is 4.90 Å². The van der Waals surface area contributed by atoms with E-state index in [4.69, 9.17) is 0 Å². The molecule has 7 heteroatoms. The van der Waals surface area contributed by atoms with E-state index in [0.717, 1.165) is 18.3 Å². The van der Waals surface area contributed by atoms with Crippen LogP contribution in [-0.4, -0.2) is 24.0 Å². The second-order valence-electron chi connectivity index (χ2n) is 4.24. The Balaban J connectivity index is 2.15. The lowest BCUT2D eigenvalue weighted by Gasteiger charge is -2.32. The number of anilines is 1. The first-order valence-corrected chi connectivity index (χ1v) is 5.44. The van der Waals surface area contributed by atoms with Crippen molar-refractivity contribution in [1.82, 2.24) is 4.98 Å². The smallest absolute Gasteiger partial charge is 0.356 e. The highest BCUT2D eigenvalue weighted by molar-refractivity contribution is 5.42. The zero-order valence-electron chi connectivity index (χ0n) is 9.34. The summed E-state index contributed by atoms with van der Waals surface area (Å²) in [7, 11) is 0. The molecule has 2 rings (SSSR count). The van der Waals surface area contributed by atoms with E-state index in [1.54, 1.807) is 0 Å². The average molecular weight is 266 g/mol. The van der Waals surface area contributed by atoms with Gasteiger partial charge >= 0.3 is 6.18 Å². The third-order valence-corrected chi connectivity index (χ3v) is 2.89. The van der Waals surface area contributed by atoms with Gasteiger partial charge in [-0.1, -0.05) is 0 Å². The molecule has 1 aliphatic heterocycles. The molecule has 0 atom stereocenters. The zero-order chi connectivity index (χ0) is 13.4. The number of halogens is 5. The van der Waals surface area contributed by atoms with Gasteiger partial charge in [-0.25, -0.2) is 13.8 Å². The minimum atomic E-state index is -4.45. The molecule has 0 aliphatic carbocycles. The Labute approximate surface area is 100 Å². The largest absolute Gasteiger partial charge is 0.416 e. The van der Waals surface area contributed by atoms with Crippen LogP contribution in [-0.2, 0) is 6.18 Å². The fourth-order valence-corrected chi connectivity index (χ4v) is 1.83. The van der Waals surface area contributed by atoms with Crippen LogP contribution in [0.2, 0.25) is 0 Å². The number of nitrogens with zero attached hydrogens (tertiary/aromatic N) is 2. The normalized spacial score (nSPS) is 19.9. The highest BCUT2D eigenvalue weighted by Crippen LogP contribution is 2.33. The summed E-state index contributed by atoms with van der Waals surface area (Å²) in [6.45, 7) is 0.0304. The molecule has 1 aliphatic rings. The highest BCUT2D eigenvalue weighted by atomic mass is 19.4. The first-order valence-electron chi connectivity index (χ1n) is 5.44. The van der Waals surface area contributed by atoms with Crippen LogP contribution < -0.4 is 4.90 Å². The molecule has 0 bridgehead atoms. The van der Waals surface area contributed by atoms with Gasteiger partial charge in [0.1, 0.15) is 5.82 Å². The van der Waals surface area contributed by atoms with Crippen LogP contribution >= 0.6 is 0 Å². The molecule has 0 amide bonds. The summed E-state index contributed by atoms with van der Waals surface area (Å²) >= 11 is 0. The number of hydrogen-bond acceptors (Lipinski definition) is 2. The van der Waals surface area contributed by atoms with Crippen molar-refractivity contribution in [2.75, 3.05) is 18.0 Å². The Hall–Kier alpha value is -1.40. The molecule has 0 spiro atoms. The number of aromatic nitrogens is 1. The Morgan fingerprint density at radius 1 is 1.17 bits per heavy atom. The van der Waals surface area contributed by atoms with Gasteiger partial charge in [0, 0.05) is 32.1 Å². The first kappa shape index (κ1) is 13.0. The summed E-state index contributed by atoms with van der Waals surface area (Å²) in [5.41, 5.74) is -0.815. The predicted molar refractivity (Wildman–Crippen MR) is 55.6 cm³/mol. The maximum atomic E-state index is 12.9. The van der Waals surface area contributed by atoms with Crippen molar-refractivity contribution in [3.8, 4) is 0 Å². The van der Waals surface area contributed by atoms with Crippen LogP contribution in [0.3, 0.4) is 0 Å². The summed E-state index contributed by atoms with van der Waals surface area (Å²) in [6.07, 6.45) is -4.11. The molecule has 0 aromatic carbocycles. The number of alkyl halides is 5. The monoisotopic (exact) mass is 266 g/mol. The number of piperidine rings is 1. The van der Waals surface area contributed by atoms with Gasteiger partial charge in [0.2, 0.25) is 0 Å². The van der Waals surface area contributed by atoms with E-state index in [2.05, 4.69) is 4.98 Å². The molecular formula is C11H11F5N2. The van der Waals surface area contributed by atoms with Crippen molar-refractivity contribution in [1.29, 1.82) is 0 Å². The number of hydrogen-bond donors (Lipinski definition) is 0. The third-order valence-electron chi connectivity index (χ3n) is 2.89. The van der Waals surface area contributed by atoms with Gasteiger partial charge in [0.05, 0.1) is 5.56 Å². The van der Waals surface area contributed by atoms with E-state index in [1.807, 2.05) is 0 Å². The SMILES string of the molecule is FC1(F)CCN(c2cc(C(F)(F)F)ccn2)CC1. The summed E-state index contributed by atoms with van der Waals surface area (Å²) in [5, 5.41) is 0. The lowest BCUT2D eigenvalue weighted by Crippen LogP contribution is -2.39. The minimum Gasteiger partial charge on any atom is -0.356 e. The Morgan fingerprint density at radius 3 is 2.33 bits per heavy atom. The Morgan fingerprint density at radius 2 is 1.78 bits per heavy atom. The quantitative estimate of drug-likeness (QED) is 0.725. The van der Waals surface area contributed by atoms with Crippen LogP contribution in [0.5, 0.6) is 0 Å². The van der Waals surface area contributed by atoms with Crippen LogP contribution in [0.4, 0.5) is 27.8 Å². The van der Waals surface area contributed by atoms with Gasteiger partial charge in [0.25, 0.3) is 5.92 Å². The van der Waals surface area contributed by atoms with E-state index < -0.39 is 17.7 Å². The Kier molecular flexibility index (Phi) is 3.16. The van der Waals surface area contributed by atoms with Crippen molar-refractivity contribution in [3.63, 3.8) is 0 Å². The highest BCUT2D eigenvalue weighted by Gasteiger charge is 2.35. The lowest BCUT2D eigenvalue weighted by molar-refractivity contribution is -0.137. The van der Waals surface area contributed by atoms with E-state index in [0.29, 0.717) is 0 Å². The molecule has 1 aromatic rings. The van der Waals surface area contributed by atoms with Crippen molar-refractivity contribution in [2.24, 2.45) is 0 Å². The summed E-state index contributed by atoms with van der Waals surface area (Å²) < 4.78 is 63.3. The lowest BCUT2D eigenvalue weighted by atomic mass is 10.1. The van der Waals surface area contributed by atoms with Crippen molar-refractivity contribution >= 4 is 5.82 Å². The molecule has 100 valence electrons. The van der Waals surface area contributed by atoms with Gasteiger partial charge in [-0.3, -0.25) is 0 Å². The molecule has 18 heavy (non-hydrogen) atoms. The molecule has 0 N–H and O–H groups in total. The molecule has 2 heterocycles. The number of pyridine rings is 1. The van der Waals surface area contributed by atoms with Gasteiger partial charge in [-0.2, -0.15) is 13.2 Å². The topological polar surface area (TPSA) is 16.1 Å². The van der Waals surface area contributed by atoms with Crippen molar-refractivity contribution in [3.05, 3.63) is 23.9 Å². The molecule has 1 saturated heterocycles. The van der Waals surface area contributed by atoms with Crippen molar-refractivity contribution in [2.45, 2.75) is 24.9 Å². The van der Waals surface area contributed by atoms with Crippen molar-refractivity contribution < 1.29 is 22.0 Å². The van der Waals surface area contributed by atoms with E-state index >= 15 is 0 Å². The standard InChI is InChI=1S/C11H11F5N2/c12-10(13)2-5-18(6-3-10)9-7-8(1-4-17-9)11(14,15)16/h1,4,7H,2-3,5-6H2. The second-order valence-corrected chi connectivity index (χ2v) is 4.24. The molecule has 1 aromatic heterocycles.